The first-order chi connectivity index (χ1) is 6.49. The van der Waals surface area contributed by atoms with E-state index in [0.29, 0.717) is 0 Å². The Labute approximate surface area is 89.2 Å². The largest absolute Gasteiger partial charge is 0.391 e. The van der Waals surface area contributed by atoms with Crippen LogP contribution >= 0.6 is 0 Å². The lowest BCUT2D eigenvalue weighted by Gasteiger charge is -2.03. The predicted molar refractivity (Wildman–Crippen MR) is 65.8 cm³/mol. The van der Waals surface area contributed by atoms with Gasteiger partial charge < -0.3 is 5.11 Å². The fraction of sp³-hybridized carbons (Fsp3) is 0.667. The molecule has 0 aliphatic carbocycles. The maximum absolute atomic E-state index is 9.07. The molecule has 2 heteroatoms. The number of hydrogen-bond donors (Lipinski definition) is 1. The highest BCUT2D eigenvalue weighted by atomic mass is 28.3. The van der Waals surface area contributed by atoms with Gasteiger partial charge in [0.15, 0.2) is 0 Å². The van der Waals surface area contributed by atoms with Crippen molar-refractivity contribution in [1.29, 1.82) is 0 Å². The molecular formula is C12H22OSi. The van der Waals surface area contributed by atoms with E-state index in [4.69, 9.17) is 5.11 Å². The van der Waals surface area contributed by atoms with E-state index in [-0.39, 0.29) is 6.61 Å². The van der Waals surface area contributed by atoms with Crippen molar-refractivity contribution < 1.29 is 5.11 Å². The molecule has 0 aliphatic heterocycles. The van der Waals surface area contributed by atoms with E-state index in [1.54, 1.807) is 0 Å². The Morgan fingerprint density at radius 3 is 2.43 bits per heavy atom. The minimum absolute atomic E-state index is 0.0845. The monoisotopic (exact) mass is 210 g/mol. The minimum atomic E-state index is -1.30. The molecule has 14 heavy (non-hydrogen) atoms. The van der Waals surface area contributed by atoms with Gasteiger partial charge in [-0.15, -0.1) is 5.54 Å². The van der Waals surface area contributed by atoms with Gasteiger partial charge in [0.25, 0.3) is 0 Å². The zero-order valence-corrected chi connectivity index (χ0v) is 10.9. The first-order valence-corrected chi connectivity index (χ1v) is 8.82. The fourth-order valence-electron chi connectivity index (χ4n) is 0.903. The van der Waals surface area contributed by atoms with Crippen LogP contribution < -0.4 is 0 Å². The average molecular weight is 210 g/mol. The highest BCUT2D eigenvalue weighted by molar-refractivity contribution is 6.83. The van der Waals surface area contributed by atoms with Gasteiger partial charge in [0.2, 0.25) is 0 Å². The molecule has 0 radical (unpaired) electrons. The summed E-state index contributed by atoms with van der Waals surface area (Å²) in [4.78, 5) is 0. The highest BCUT2D eigenvalue weighted by Crippen LogP contribution is 2.02. The number of unbranched alkanes of at least 4 members (excludes halogenated alkanes) is 2. The standard InChI is InChI=1S/C12H22OSi/c1-5-6-7-8-12(11-13)9-10-14(2,3)4/h8,13H,5-7,11H2,1-4H3/b12-8-. The normalized spacial score (nSPS) is 12.2. The molecule has 0 aromatic heterocycles. The molecule has 0 spiro atoms. The van der Waals surface area contributed by atoms with E-state index in [1.807, 2.05) is 0 Å². The van der Waals surface area contributed by atoms with Crippen LogP contribution in [0.25, 0.3) is 0 Å². The Balaban J connectivity index is 4.26. The lowest BCUT2D eigenvalue weighted by molar-refractivity contribution is 0.335. The van der Waals surface area contributed by atoms with E-state index in [9.17, 15) is 0 Å². The van der Waals surface area contributed by atoms with Crippen molar-refractivity contribution >= 4 is 8.07 Å². The number of allylic oxidation sites excluding steroid dienone is 1. The Hall–Kier alpha value is -0.523. The van der Waals surface area contributed by atoms with Gasteiger partial charge in [0, 0.05) is 5.57 Å². The Bertz CT molecular complexity index is 237. The molecule has 1 N–H and O–H groups in total. The van der Waals surface area contributed by atoms with Gasteiger partial charge in [-0.2, -0.15) is 0 Å². The van der Waals surface area contributed by atoms with Crippen molar-refractivity contribution in [3.8, 4) is 11.5 Å². The summed E-state index contributed by atoms with van der Waals surface area (Å²) in [6.45, 7) is 8.88. The van der Waals surface area contributed by atoms with Crippen molar-refractivity contribution in [2.24, 2.45) is 0 Å². The summed E-state index contributed by atoms with van der Waals surface area (Å²) in [5.41, 5.74) is 4.15. The van der Waals surface area contributed by atoms with Gasteiger partial charge in [0.1, 0.15) is 8.07 Å². The van der Waals surface area contributed by atoms with Crippen LogP contribution in [0.1, 0.15) is 26.2 Å². The lowest BCUT2D eigenvalue weighted by atomic mass is 10.2. The lowest BCUT2D eigenvalue weighted by Crippen LogP contribution is -2.16. The maximum atomic E-state index is 9.07. The van der Waals surface area contributed by atoms with Crippen molar-refractivity contribution in [3.05, 3.63) is 11.6 Å². The average Bonchev–Trinajstić information content (AvgIpc) is 2.09. The Morgan fingerprint density at radius 2 is 2.00 bits per heavy atom. The van der Waals surface area contributed by atoms with Gasteiger partial charge >= 0.3 is 0 Å². The van der Waals surface area contributed by atoms with Crippen LogP contribution in [-0.2, 0) is 0 Å². The number of aliphatic hydroxyl groups is 1. The van der Waals surface area contributed by atoms with Crippen molar-refractivity contribution in [1.82, 2.24) is 0 Å². The molecule has 0 aromatic rings. The van der Waals surface area contributed by atoms with Crippen LogP contribution in [0.3, 0.4) is 0 Å². The van der Waals surface area contributed by atoms with Gasteiger partial charge in [-0.05, 0) is 6.42 Å². The van der Waals surface area contributed by atoms with E-state index in [1.165, 1.54) is 12.8 Å². The molecule has 0 heterocycles. The summed E-state index contributed by atoms with van der Waals surface area (Å²) in [5.74, 6) is 3.09. The second-order valence-electron chi connectivity index (χ2n) is 4.53. The maximum Gasteiger partial charge on any atom is 0.129 e. The molecule has 1 nitrogen and oxygen atoms in total. The van der Waals surface area contributed by atoms with E-state index < -0.39 is 8.07 Å². The first kappa shape index (κ1) is 13.5. The first-order valence-electron chi connectivity index (χ1n) is 5.32. The molecule has 0 aliphatic rings. The summed E-state index contributed by atoms with van der Waals surface area (Å²) in [6, 6.07) is 0. The van der Waals surface area contributed by atoms with Crippen LogP contribution in [0, 0.1) is 11.5 Å². The molecular weight excluding hydrogens is 188 g/mol. The molecule has 0 fully saturated rings. The van der Waals surface area contributed by atoms with Crippen molar-refractivity contribution in [3.63, 3.8) is 0 Å². The van der Waals surface area contributed by atoms with Crippen LogP contribution in [0.5, 0.6) is 0 Å². The third-order valence-corrected chi connectivity index (χ3v) is 2.59. The summed E-state index contributed by atoms with van der Waals surface area (Å²) in [7, 11) is -1.30. The van der Waals surface area contributed by atoms with Crippen LogP contribution in [-0.4, -0.2) is 19.8 Å². The molecule has 0 bridgehead atoms. The van der Waals surface area contributed by atoms with E-state index in [2.05, 4.69) is 44.1 Å². The molecule has 0 rings (SSSR count). The van der Waals surface area contributed by atoms with Crippen LogP contribution in [0.4, 0.5) is 0 Å². The molecule has 0 amide bonds. The zero-order valence-electron chi connectivity index (χ0n) is 9.85. The minimum Gasteiger partial charge on any atom is -0.391 e. The van der Waals surface area contributed by atoms with Crippen molar-refractivity contribution in [2.45, 2.75) is 45.8 Å². The topological polar surface area (TPSA) is 20.2 Å². The van der Waals surface area contributed by atoms with E-state index >= 15 is 0 Å². The fourth-order valence-corrected chi connectivity index (χ4v) is 1.44. The quantitative estimate of drug-likeness (QED) is 0.430. The number of rotatable bonds is 4. The molecule has 80 valence electrons. The molecule has 0 saturated heterocycles. The predicted octanol–water partition coefficient (Wildman–Crippen LogP) is 2.98. The van der Waals surface area contributed by atoms with Gasteiger partial charge in [-0.1, -0.05) is 51.4 Å². The Kier molecular flexibility index (Phi) is 6.60. The number of aliphatic hydroxyl groups excluding tert-OH is 1. The molecule has 0 saturated carbocycles. The summed E-state index contributed by atoms with van der Waals surface area (Å²) in [5, 5.41) is 9.07. The second-order valence-corrected chi connectivity index (χ2v) is 9.28. The summed E-state index contributed by atoms with van der Waals surface area (Å²) >= 11 is 0. The molecule has 0 atom stereocenters. The second kappa shape index (κ2) is 6.86. The molecule has 0 unspecified atom stereocenters. The third-order valence-electron chi connectivity index (χ3n) is 1.72. The zero-order chi connectivity index (χ0) is 11.0. The smallest absolute Gasteiger partial charge is 0.129 e. The number of hydrogen-bond acceptors (Lipinski definition) is 1. The molecule has 0 aromatic carbocycles. The summed E-state index contributed by atoms with van der Waals surface area (Å²) in [6.07, 6.45) is 5.47. The van der Waals surface area contributed by atoms with Gasteiger partial charge in [-0.3, -0.25) is 0 Å². The third kappa shape index (κ3) is 8.09. The summed E-state index contributed by atoms with van der Waals surface area (Å²) < 4.78 is 0. The van der Waals surface area contributed by atoms with Gasteiger partial charge in [-0.25, -0.2) is 0 Å². The highest BCUT2D eigenvalue weighted by Gasteiger charge is 2.07. The van der Waals surface area contributed by atoms with E-state index in [0.717, 1.165) is 12.0 Å². The Morgan fingerprint density at radius 1 is 1.36 bits per heavy atom. The SMILES string of the molecule is CCCC/C=C(/C#C[Si](C)(C)C)CO. The van der Waals surface area contributed by atoms with Gasteiger partial charge in [0.05, 0.1) is 6.61 Å². The van der Waals surface area contributed by atoms with Crippen LogP contribution in [0.15, 0.2) is 11.6 Å². The van der Waals surface area contributed by atoms with Crippen LogP contribution in [0.2, 0.25) is 19.6 Å². The van der Waals surface area contributed by atoms with Crippen molar-refractivity contribution in [2.75, 3.05) is 6.61 Å².